The molecule has 0 unspecified atom stereocenters. The predicted molar refractivity (Wildman–Crippen MR) is 75.5 cm³/mol. The minimum absolute atomic E-state index is 0.390. The second-order valence-electron chi connectivity index (χ2n) is 4.92. The van der Waals surface area contributed by atoms with Crippen LogP contribution in [0.2, 0.25) is 5.02 Å². The van der Waals surface area contributed by atoms with Crippen molar-refractivity contribution in [2.45, 2.75) is 44.4 Å². The van der Waals surface area contributed by atoms with Crippen molar-refractivity contribution in [3.63, 3.8) is 0 Å². The summed E-state index contributed by atoms with van der Waals surface area (Å²) in [6.07, 6.45) is 9.55. The third-order valence-corrected chi connectivity index (χ3v) is 4.12. The van der Waals surface area contributed by atoms with Crippen molar-refractivity contribution in [1.29, 1.82) is 0 Å². The van der Waals surface area contributed by atoms with Crippen LogP contribution in [0.3, 0.4) is 0 Å². The van der Waals surface area contributed by atoms with Crippen LogP contribution in [0.25, 0.3) is 0 Å². The van der Waals surface area contributed by atoms with Crippen molar-refractivity contribution in [3.05, 3.63) is 22.8 Å². The lowest BCUT2D eigenvalue weighted by Gasteiger charge is -2.15. The number of aromatic nitrogens is 1. The number of nitrogens with zero attached hydrogens (tertiary/aromatic N) is 1. The summed E-state index contributed by atoms with van der Waals surface area (Å²) >= 11 is 11.8. The molecule has 0 radical (unpaired) electrons. The van der Waals surface area contributed by atoms with Crippen molar-refractivity contribution in [2.75, 3.05) is 6.61 Å². The molecular formula is C14H19Cl2NO. The standard InChI is InChI=1S/C14H19Cl2NO/c15-8-12-7-14(17-9-13(12)16)18-10-11-5-3-1-2-4-6-11/h7,9,11H,1-6,8,10H2. The largest absolute Gasteiger partial charge is 0.477 e. The van der Waals surface area contributed by atoms with Crippen LogP contribution >= 0.6 is 23.2 Å². The molecule has 1 aromatic heterocycles. The minimum atomic E-state index is 0.390. The first-order chi connectivity index (χ1) is 8.79. The third-order valence-electron chi connectivity index (χ3n) is 3.50. The van der Waals surface area contributed by atoms with Crippen molar-refractivity contribution < 1.29 is 4.74 Å². The van der Waals surface area contributed by atoms with Crippen molar-refractivity contribution in [2.24, 2.45) is 5.92 Å². The SMILES string of the molecule is ClCc1cc(OCC2CCCCCC2)ncc1Cl. The number of alkyl halides is 1. The molecule has 0 atom stereocenters. The van der Waals surface area contributed by atoms with E-state index in [9.17, 15) is 0 Å². The highest BCUT2D eigenvalue weighted by atomic mass is 35.5. The topological polar surface area (TPSA) is 22.1 Å². The number of halogens is 2. The lowest BCUT2D eigenvalue weighted by atomic mass is 10.0. The molecule has 1 saturated carbocycles. The van der Waals surface area contributed by atoms with Crippen LogP contribution in [0.4, 0.5) is 0 Å². The van der Waals surface area contributed by atoms with Gasteiger partial charge in [0.2, 0.25) is 5.88 Å². The summed E-state index contributed by atoms with van der Waals surface area (Å²) in [5, 5.41) is 0.604. The van der Waals surface area contributed by atoms with E-state index in [1.807, 2.05) is 6.07 Å². The fourth-order valence-electron chi connectivity index (χ4n) is 2.37. The molecule has 1 heterocycles. The Morgan fingerprint density at radius 1 is 1.22 bits per heavy atom. The van der Waals surface area contributed by atoms with Crippen LogP contribution < -0.4 is 4.74 Å². The molecular weight excluding hydrogens is 269 g/mol. The van der Waals surface area contributed by atoms with Crippen LogP contribution in [0.1, 0.15) is 44.1 Å². The lowest BCUT2D eigenvalue weighted by molar-refractivity contribution is 0.226. The number of pyridine rings is 1. The van der Waals surface area contributed by atoms with Gasteiger partial charge in [-0.25, -0.2) is 4.98 Å². The molecule has 1 aromatic rings. The Hall–Kier alpha value is -0.470. The average molecular weight is 288 g/mol. The summed E-state index contributed by atoms with van der Waals surface area (Å²) in [6, 6.07) is 1.84. The summed E-state index contributed by atoms with van der Waals surface area (Å²) in [5.41, 5.74) is 0.879. The van der Waals surface area contributed by atoms with Crippen molar-refractivity contribution >= 4 is 23.2 Å². The Morgan fingerprint density at radius 2 is 1.94 bits per heavy atom. The van der Waals surface area contributed by atoms with Gasteiger partial charge >= 0.3 is 0 Å². The maximum Gasteiger partial charge on any atom is 0.213 e. The summed E-state index contributed by atoms with van der Waals surface area (Å²) in [6.45, 7) is 0.760. The Kier molecular flexibility index (Phi) is 5.58. The summed E-state index contributed by atoms with van der Waals surface area (Å²) < 4.78 is 5.77. The van der Waals surface area contributed by atoms with E-state index in [4.69, 9.17) is 27.9 Å². The molecule has 1 aliphatic rings. The Balaban J connectivity index is 1.88. The molecule has 0 aromatic carbocycles. The van der Waals surface area contributed by atoms with Gasteiger partial charge < -0.3 is 4.74 Å². The fourth-order valence-corrected chi connectivity index (χ4v) is 2.83. The first-order valence-corrected chi connectivity index (χ1v) is 7.54. The molecule has 0 bridgehead atoms. The lowest BCUT2D eigenvalue weighted by Crippen LogP contribution is -2.12. The second kappa shape index (κ2) is 7.20. The zero-order valence-corrected chi connectivity index (χ0v) is 12.0. The minimum Gasteiger partial charge on any atom is -0.477 e. The van der Waals surface area contributed by atoms with Gasteiger partial charge in [0.15, 0.2) is 0 Å². The van der Waals surface area contributed by atoms with Crippen molar-refractivity contribution in [1.82, 2.24) is 4.98 Å². The van der Waals surface area contributed by atoms with E-state index in [0.29, 0.717) is 22.7 Å². The molecule has 4 heteroatoms. The first-order valence-electron chi connectivity index (χ1n) is 6.63. The van der Waals surface area contributed by atoms with E-state index in [-0.39, 0.29) is 0 Å². The molecule has 0 amide bonds. The number of hydrogen-bond acceptors (Lipinski definition) is 2. The van der Waals surface area contributed by atoms with Crippen LogP contribution in [0, 0.1) is 5.92 Å². The number of rotatable bonds is 4. The van der Waals surface area contributed by atoms with Gasteiger partial charge in [-0.05, 0) is 24.3 Å². The Morgan fingerprint density at radius 3 is 2.61 bits per heavy atom. The third kappa shape index (κ3) is 4.03. The van der Waals surface area contributed by atoms with Crippen molar-refractivity contribution in [3.8, 4) is 5.88 Å². The van der Waals surface area contributed by atoms with E-state index >= 15 is 0 Å². The Bertz CT molecular complexity index is 376. The molecule has 100 valence electrons. The molecule has 1 fully saturated rings. The zero-order chi connectivity index (χ0) is 12.8. The molecule has 2 rings (SSSR count). The van der Waals surface area contributed by atoms with E-state index in [0.717, 1.165) is 12.2 Å². The summed E-state index contributed by atoms with van der Waals surface area (Å²) in [4.78, 5) is 4.18. The molecule has 2 nitrogen and oxygen atoms in total. The number of hydrogen-bond donors (Lipinski definition) is 0. The first kappa shape index (κ1) is 14.0. The highest BCUT2D eigenvalue weighted by molar-refractivity contribution is 6.32. The number of ether oxygens (including phenoxy) is 1. The Labute approximate surface area is 119 Å². The van der Waals surface area contributed by atoms with Crippen LogP contribution in [-0.4, -0.2) is 11.6 Å². The van der Waals surface area contributed by atoms with E-state index in [1.165, 1.54) is 38.5 Å². The summed E-state index contributed by atoms with van der Waals surface area (Å²) in [7, 11) is 0. The molecule has 0 spiro atoms. The highest BCUT2D eigenvalue weighted by Gasteiger charge is 2.13. The summed E-state index contributed by atoms with van der Waals surface area (Å²) in [5.74, 6) is 1.70. The van der Waals surface area contributed by atoms with Gasteiger partial charge in [-0.15, -0.1) is 11.6 Å². The van der Waals surface area contributed by atoms with Crippen LogP contribution in [0.15, 0.2) is 12.3 Å². The van der Waals surface area contributed by atoms with E-state index < -0.39 is 0 Å². The van der Waals surface area contributed by atoms with Gasteiger partial charge in [-0.3, -0.25) is 0 Å². The quantitative estimate of drug-likeness (QED) is 0.585. The fraction of sp³-hybridized carbons (Fsp3) is 0.643. The van der Waals surface area contributed by atoms with E-state index in [2.05, 4.69) is 4.98 Å². The van der Waals surface area contributed by atoms with Crippen LogP contribution in [0.5, 0.6) is 5.88 Å². The van der Waals surface area contributed by atoms with E-state index in [1.54, 1.807) is 6.20 Å². The molecule has 0 N–H and O–H groups in total. The van der Waals surface area contributed by atoms with Gasteiger partial charge in [0.1, 0.15) is 0 Å². The molecule has 0 saturated heterocycles. The molecule has 0 aliphatic heterocycles. The van der Waals surface area contributed by atoms with Crippen LogP contribution in [-0.2, 0) is 5.88 Å². The maximum absolute atomic E-state index is 5.96. The van der Waals surface area contributed by atoms with Gasteiger partial charge in [0.05, 0.1) is 11.6 Å². The predicted octanol–water partition coefficient (Wildman–Crippen LogP) is 4.82. The molecule has 18 heavy (non-hydrogen) atoms. The second-order valence-corrected chi connectivity index (χ2v) is 5.59. The smallest absolute Gasteiger partial charge is 0.213 e. The maximum atomic E-state index is 5.96. The van der Waals surface area contributed by atoms with Gasteiger partial charge in [0.25, 0.3) is 0 Å². The monoisotopic (exact) mass is 287 g/mol. The van der Waals surface area contributed by atoms with Gasteiger partial charge in [-0.2, -0.15) is 0 Å². The van der Waals surface area contributed by atoms with Gasteiger partial charge in [-0.1, -0.05) is 37.3 Å². The van der Waals surface area contributed by atoms with Gasteiger partial charge in [0, 0.05) is 18.1 Å². The normalized spacial score (nSPS) is 17.4. The highest BCUT2D eigenvalue weighted by Crippen LogP contribution is 2.25. The molecule has 1 aliphatic carbocycles. The average Bonchev–Trinajstić information content (AvgIpc) is 2.66. The zero-order valence-electron chi connectivity index (χ0n) is 10.5.